The van der Waals surface area contributed by atoms with E-state index in [1.165, 1.54) is 0 Å². The van der Waals surface area contributed by atoms with Crippen LogP contribution in [0.25, 0.3) is 27.6 Å². The number of aromatic amines is 1. The summed E-state index contributed by atoms with van der Waals surface area (Å²) >= 11 is 0. The lowest BCUT2D eigenvalue weighted by atomic mass is 10.0. The summed E-state index contributed by atoms with van der Waals surface area (Å²) in [4.78, 5) is 22.7. The molecule has 0 radical (unpaired) electrons. The summed E-state index contributed by atoms with van der Waals surface area (Å²) in [6, 6.07) is 23.6. The van der Waals surface area contributed by atoms with Crippen LogP contribution in [0, 0.1) is 11.3 Å². The Bertz CT molecular complexity index is 1650. The third-order valence-electron chi connectivity index (χ3n) is 7.31. The van der Waals surface area contributed by atoms with Crippen molar-refractivity contribution in [3.63, 3.8) is 0 Å². The fourth-order valence-electron chi connectivity index (χ4n) is 5.29. The predicted octanol–water partition coefficient (Wildman–Crippen LogP) is 5.35. The fourth-order valence-corrected chi connectivity index (χ4v) is 5.29. The number of fused-ring (bicyclic) bond motifs is 2. The van der Waals surface area contributed by atoms with Crippen LogP contribution in [0.2, 0.25) is 0 Å². The van der Waals surface area contributed by atoms with E-state index >= 15 is 0 Å². The van der Waals surface area contributed by atoms with Crippen LogP contribution in [0.1, 0.15) is 23.1 Å². The quantitative estimate of drug-likeness (QED) is 0.336. The van der Waals surface area contributed by atoms with Crippen molar-refractivity contribution < 1.29 is 14.3 Å². The van der Waals surface area contributed by atoms with E-state index in [9.17, 15) is 10.1 Å². The maximum Gasteiger partial charge on any atom is 0.410 e. The topological polar surface area (TPSA) is 96.2 Å². The first-order valence-corrected chi connectivity index (χ1v) is 12.6. The molecule has 0 aliphatic carbocycles. The zero-order valence-electron chi connectivity index (χ0n) is 21.0. The molecule has 2 atom stereocenters. The SMILES string of the molecule is COC1CC(Cc2c[nH]c3ccc(-n4cnc5cc(C#N)ccc54)cc23)N(C(=O)OCc2ccccc2)C1. The summed E-state index contributed by atoms with van der Waals surface area (Å²) in [5, 5.41) is 10.3. The molecule has 8 heteroatoms. The number of likely N-dealkylation sites (tertiary alicyclic amines) is 1. The van der Waals surface area contributed by atoms with Crippen molar-refractivity contribution in [2.45, 2.75) is 31.6 Å². The molecule has 1 aliphatic heterocycles. The first-order chi connectivity index (χ1) is 18.6. The van der Waals surface area contributed by atoms with Gasteiger partial charge in [-0.3, -0.25) is 4.57 Å². The Morgan fingerprint density at radius 1 is 1.16 bits per heavy atom. The number of hydrogen-bond acceptors (Lipinski definition) is 5. The predicted molar refractivity (Wildman–Crippen MR) is 144 cm³/mol. The standard InChI is InChI=1S/C30H27N5O3/c1-37-25-13-24(34(17-25)30(36)38-18-20-5-3-2-4-6-20)12-22-16-32-27-9-8-23(14-26(22)27)35-19-33-28-11-21(15-31)7-10-29(28)35/h2-11,14,16,19,24-25,32H,12-13,17-18H2,1H3. The van der Waals surface area contributed by atoms with Gasteiger partial charge in [-0.1, -0.05) is 30.3 Å². The minimum atomic E-state index is -0.319. The molecular formula is C30H27N5O3. The number of H-pyrrole nitrogens is 1. The van der Waals surface area contributed by atoms with Crippen LogP contribution in [-0.2, 0) is 22.5 Å². The Labute approximate surface area is 220 Å². The minimum Gasteiger partial charge on any atom is -0.445 e. The van der Waals surface area contributed by atoms with Gasteiger partial charge in [-0.05, 0) is 60.4 Å². The van der Waals surface area contributed by atoms with Gasteiger partial charge in [-0.25, -0.2) is 9.78 Å². The Morgan fingerprint density at radius 3 is 2.84 bits per heavy atom. The number of nitrogens with zero attached hydrogens (tertiary/aromatic N) is 4. The largest absolute Gasteiger partial charge is 0.445 e. The first-order valence-electron chi connectivity index (χ1n) is 12.6. The van der Waals surface area contributed by atoms with E-state index in [4.69, 9.17) is 9.47 Å². The lowest BCUT2D eigenvalue weighted by Crippen LogP contribution is -2.37. The highest BCUT2D eigenvalue weighted by Crippen LogP contribution is 2.30. The lowest BCUT2D eigenvalue weighted by molar-refractivity contribution is 0.0801. The number of imidazole rings is 1. The van der Waals surface area contributed by atoms with E-state index in [0.717, 1.165) is 45.2 Å². The van der Waals surface area contributed by atoms with E-state index in [2.05, 4.69) is 28.2 Å². The molecule has 1 fully saturated rings. The molecule has 3 heterocycles. The number of rotatable bonds is 6. The summed E-state index contributed by atoms with van der Waals surface area (Å²) in [6.07, 6.45) is 4.88. The summed E-state index contributed by atoms with van der Waals surface area (Å²) in [6.45, 7) is 0.750. The Balaban J connectivity index is 1.25. The molecule has 6 rings (SSSR count). The number of hydrogen-bond donors (Lipinski definition) is 1. The van der Waals surface area contributed by atoms with Crippen molar-refractivity contribution >= 4 is 28.0 Å². The fraction of sp³-hybridized carbons (Fsp3) is 0.233. The number of nitrogens with one attached hydrogen (secondary N) is 1. The number of amides is 1. The van der Waals surface area contributed by atoms with Crippen LogP contribution in [-0.4, -0.2) is 51.3 Å². The van der Waals surface area contributed by atoms with E-state index in [0.29, 0.717) is 18.5 Å². The van der Waals surface area contributed by atoms with Gasteiger partial charge in [-0.2, -0.15) is 5.26 Å². The van der Waals surface area contributed by atoms with Gasteiger partial charge in [0.15, 0.2) is 0 Å². The van der Waals surface area contributed by atoms with Gasteiger partial charge in [0, 0.05) is 35.9 Å². The molecule has 0 bridgehead atoms. The molecule has 1 aliphatic rings. The van der Waals surface area contributed by atoms with Gasteiger partial charge in [0.05, 0.1) is 35.3 Å². The normalized spacial score (nSPS) is 17.2. The maximum atomic E-state index is 13.1. The zero-order valence-corrected chi connectivity index (χ0v) is 21.0. The van der Waals surface area contributed by atoms with Crippen LogP contribution < -0.4 is 0 Å². The summed E-state index contributed by atoms with van der Waals surface area (Å²) in [5.74, 6) is 0. The molecule has 2 aromatic heterocycles. The van der Waals surface area contributed by atoms with E-state index < -0.39 is 0 Å². The Morgan fingerprint density at radius 2 is 2.03 bits per heavy atom. The van der Waals surface area contributed by atoms with Gasteiger partial charge >= 0.3 is 6.09 Å². The average Bonchev–Trinajstić information content (AvgIpc) is 3.68. The van der Waals surface area contributed by atoms with Crippen LogP contribution in [0.15, 0.2) is 79.3 Å². The second-order valence-electron chi connectivity index (χ2n) is 9.62. The Kier molecular flexibility index (Phi) is 6.28. The highest BCUT2D eigenvalue weighted by Gasteiger charge is 2.36. The molecule has 0 saturated carbocycles. The van der Waals surface area contributed by atoms with Crippen molar-refractivity contribution in [1.82, 2.24) is 19.4 Å². The third kappa shape index (κ3) is 4.49. The van der Waals surface area contributed by atoms with Crippen molar-refractivity contribution in [3.05, 3.63) is 95.9 Å². The molecule has 2 unspecified atom stereocenters. The number of methoxy groups -OCH3 is 1. The molecule has 0 spiro atoms. The van der Waals surface area contributed by atoms with Gasteiger partial charge in [0.1, 0.15) is 12.9 Å². The average molecular weight is 506 g/mol. The maximum absolute atomic E-state index is 13.1. The van der Waals surface area contributed by atoms with Crippen molar-refractivity contribution in [1.29, 1.82) is 5.26 Å². The smallest absolute Gasteiger partial charge is 0.410 e. The number of carbonyl (C=O) groups excluding carboxylic acids is 1. The van der Waals surface area contributed by atoms with Crippen LogP contribution >= 0.6 is 0 Å². The highest BCUT2D eigenvalue weighted by molar-refractivity contribution is 5.87. The highest BCUT2D eigenvalue weighted by atomic mass is 16.6. The molecule has 190 valence electrons. The summed E-state index contributed by atoms with van der Waals surface area (Å²) < 4.78 is 13.3. The number of nitriles is 1. The Hall–Kier alpha value is -4.61. The second kappa shape index (κ2) is 10.0. The minimum absolute atomic E-state index is 0.0272. The van der Waals surface area contributed by atoms with E-state index in [1.54, 1.807) is 30.5 Å². The number of benzene rings is 3. The van der Waals surface area contributed by atoms with E-state index in [-0.39, 0.29) is 24.8 Å². The van der Waals surface area contributed by atoms with Crippen molar-refractivity contribution in [2.24, 2.45) is 0 Å². The molecule has 1 amide bonds. The molecule has 3 aromatic carbocycles. The molecule has 1 saturated heterocycles. The first kappa shape index (κ1) is 23.8. The lowest BCUT2D eigenvalue weighted by Gasteiger charge is -2.23. The van der Waals surface area contributed by atoms with Gasteiger partial charge in [0.25, 0.3) is 0 Å². The second-order valence-corrected chi connectivity index (χ2v) is 9.62. The molecule has 1 N–H and O–H groups in total. The molecule has 5 aromatic rings. The zero-order chi connectivity index (χ0) is 26.1. The van der Waals surface area contributed by atoms with Gasteiger partial charge < -0.3 is 19.4 Å². The summed E-state index contributed by atoms with van der Waals surface area (Å²) in [7, 11) is 1.69. The van der Waals surface area contributed by atoms with Gasteiger partial charge in [-0.15, -0.1) is 0 Å². The molecule has 38 heavy (non-hydrogen) atoms. The molecular weight excluding hydrogens is 478 g/mol. The van der Waals surface area contributed by atoms with Crippen LogP contribution in [0.4, 0.5) is 4.79 Å². The van der Waals surface area contributed by atoms with Crippen LogP contribution in [0.3, 0.4) is 0 Å². The van der Waals surface area contributed by atoms with Crippen molar-refractivity contribution in [3.8, 4) is 11.8 Å². The number of carbonyl (C=O) groups is 1. The van der Waals surface area contributed by atoms with Crippen molar-refractivity contribution in [2.75, 3.05) is 13.7 Å². The summed E-state index contributed by atoms with van der Waals surface area (Å²) in [5.41, 5.74) is 6.39. The van der Waals surface area contributed by atoms with E-state index in [1.807, 2.05) is 53.2 Å². The monoisotopic (exact) mass is 505 g/mol. The molecule has 8 nitrogen and oxygen atoms in total. The third-order valence-corrected chi connectivity index (χ3v) is 7.31. The van der Waals surface area contributed by atoms with Crippen LogP contribution in [0.5, 0.6) is 0 Å². The number of ether oxygens (including phenoxy) is 2. The number of aromatic nitrogens is 3. The van der Waals surface area contributed by atoms with Gasteiger partial charge in [0.2, 0.25) is 0 Å².